The minimum atomic E-state index is 0.0262. The lowest BCUT2D eigenvalue weighted by Gasteiger charge is -2.13. The number of hydrogen-bond donors (Lipinski definition) is 1. The van der Waals surface area contributed by atoms with Gasteiger partial charge < -0.3 is 14.8 Å². The highest BCUT2D eigenvalue weighted by Gasteiger charge is 2.08. The number of halogens is 1. The fraction of sp³-hybridized carbons (Fsp3) is 0.350. The molecule has 0 spiro atoms. The van der Waals surface area contributed by atoms with E-state index < -0.39 is 0 Å². The Morgan fingerprint density at radius 3 is 2.42 bits per heavy atom. The molecule has 4 nitrogen and oxygen atoms in total. The van der Waals surface area contributed by atoms with Crippen LogP contribution in [0.4, 0.5) is 0 Å². The summed E-state index contributed by atoms with van der Waals surface area (Å²) in [4.78, 5) is 13.1. The van der Waals surface area contributed by atoms with E-state index in [2.05, 4.69) is 5.32 Å². The number of nitrogens with one attached hydrogen (secondary N) is 1. The highest BCUT2D eigenvalue weighted by atomic mass is 35.5. The molecule has 0 aliphatic carbocycles. The van der Waals surface area contributed by atoms with Crippen molar-refractivity contribution in [2.45, 2.75) is 31.7 Å². The van der Waals surface area contributed by atoms with E-state index in [-0.39, 0.29) is 5.91 Å². The van der Waals surface area contributed by atoms with Crippen molar-refractivity contribution in [1.29, 1.82) is 0 Å². The maximum Gasteiger partial charge on any atom is 0.221 e. The number of benzene rings is 2. The maximum atomic E-state index is 12.0. The van der Waals surface area contributed by atoms with Crippen LogP contribution in [0.25, 0.3) is 0 Å². The molecule has 26 heavy (non-hydrogen) atoms. The second kappa shape index (κ2) is 11.0. The van der Waals surface area contributed by atoms with E-state index in [9.17, 15) is 4.79 Å². The van der Waals surface area contributed by atoms with E-state index in [1.807, 2.05) is 56.3 Å². The molecule has 140 valence electrons. The van der Waals surface area contributed by atoms with Crippen molar-refractivity contribution in [3.8, 4) is 11.5 Å². The van der Waals surface area contributed by atoms with Gasteiger partial charge in [0.05, 0.1) is 13.2 Å². The van der Waals surface area contributed by atoms with Crippen molar-refractivity contribution in [1.82, 2.24) is 5.32 Å². The van der Waals surface area contributed by atoms with Crippen LogP contribution in [0.3, 0.4) is 0 Å². The lowest BCUT2D eigenvalue weighted by molar-refractivity contribution is -0.120. The lowest BCUT2D eigenvalue weighted by atomic mass is 10.2. The molecule has 6 heteroatoms. The van der Waals surface area contributed by atoms with Crippen LogP contribution < -0.4 is 14.8 Å². The standard InChI is InChI=1S/C20H24ClNO3S/c1-3-24-18-10-5-15(13-19(18)25-4-2)14-22-20(23)11-12-26-17-8-6-16(21)7-9-17/h5-10,13H,3-4,11-12,14H2,1-2H3,(H,22,23). The third kappa shape index (κ3) is 6.81. The van der Waals surface area contributed by atoms with Crippen molar-refractivity contribution in [2.75, 3.05) is 19.0 Å². The predicted octanol–water partition coefficient (Wildman–Crippen LogP) is 4.94. The summed E-state index contributed by atoms with van der Waals surface area (Å²) >= 11 is 7.50. The van der Waals surface area contributed by atoms with Gasteiger partial charge in [-0.25, -0.2) is 0 Å². The van der Waals surface area contributed by atoms with Crippen molar-refractivity contribution in [2.24, 2.45) is 0 Å². The molecular formula is C20H24ClNO3S. The number of carbonyl (C=O) groups is 1. The molecule has 1 N–H and O–H groups in total. The predicted molar refractivity (Wildman–Crippen MR) is 107 cm³/mol. The van der Waals surface area contributed by atoms with Gasteiger partial charge in [0.1, 0.15) is 0 Å². The first-order valence-corrected chi connectivity index (χ1v) is 10.0. The zero-order valence-corrected chi connectivity index (χ0v) is 16.7. The van der Waals surface area contributed by atoms with Crippen LogP contribution in [-0.2, 0) is 11.3 Å². The van der Waals surface area contributed by atoms with Crippen LogP contribution in [0.5, 0.6) is 11.5 Å². The molecule has 0 radical (unpaired) electrons. The molecule has 1 amide bonds. The van der Waals surface area contributed by atoms with Crippen molar-refractivity contribution in [3.05, 3.63) is 53.1 Å². The summed E-state index contributed by atoms with van der Waals surface area (Å²) in [7, 11) is 0. The number of ether oxygens (including phenoxy) is 2. The lowest BCUT2D eigenvalue weighted by Crippen LogP contribution is -2.23. The van der Waals surface area contributed by atoms with Gasteiger partial charge in [-0.15, -0.1) is 11.8 Å². The third-order valence-electron chi connectivity index (χ3n) is 3.51. The van der Waals surface area contributed by atoms with Gasteiger partial charge in [-0.2, -0.15) is 0 Å². The van der Waals surface area contributed by atoms with Crippen LogP contribution in [-0.4, -0.2) is 24.9 Å². The fourth-order valence-corrected chi connectivity index (χ4v) is 3.26. The highest BCUT2D eigenvalue weighted by Crippen LogP contribution is 2.28. The quantitative estimate of drug-likeness (QED) is 0.581. The van der Waals surface area contributed by atoms with Gasteiger partial charge in [-0.1, -0.05) is 17.7 Å². The Morgan fingerprint density at radius 1 is 1.04 bits per heavy atom. The highest BCUT2D eigenvalue weighted by molar-refractivity contribution is 7.99. The Morgan fingerprint density at radius 2 is 1.73 bits per heavy atom. The zero-order valence-electron chi connectivity index (χ0n) is 15.1. The van der Waals surface area contributed by atoms with E-state index in [1.54, 1.807) is 11.8 Å². The molecule has 0 saturated carbocycles. The topological polar surface area (TPSA) is 47.6 Å². The summed E-state index contributed by atoms with van der Waals surface area (Å²) in [6.45, 7) is 5.49. The second-order valence-corrected chi connectivity index (χ2v) is 7.08. The van der Waals surface area contributed by atoms with Gasteiger partial charge in [0.2, 0.25) is 5.91 Å². The molecule has 0 heterocycles. The molecular weight excluding hydrogens is 370 g/mol. The molecule has 0 atom stereocenters. The Hall–Kier alpha value is -1.85. The van der Waals surface area contributed by atoms with E-state index in [0.717, 1.165) is 22.0 Å². The first-order chi connectivity index (χ1) is 12.6. The number of hydrogen-bond acceptors (Lipinski definition) is 4. The van der Waals surface area contributed by atoms with E-state index in [1.165, 1.54) is 0 Å². The van der Waals surface area contributed by atoms with Gasteiger partial charge in [0.25, 0.3) is 0 Å². The monoisotopic (exact) mass is 393 g/mol. The largest absolute Gasteiger partial charge is 0.490 e. The van der Waals surface area contributed by atoms with Crippen molar-refractivity contribution in [3.63, 3.8) is 0 Å². The Kier molecular flexibility index (Phi) is 8.65. The Bertz CT molecular complexity index is 707. The number of amides is 1. The minimum Gasteiger partial charge on any atom is -0.490 e. The molecule has 0 aliphatic heterocycles. The average Bonchev–Trinajstić information content (AvgIpc) is 2.64. The minimum absolute atomic E-state index is 0.0262. The van der Waals surface area contributed by atoms with Gasteiger partial charge in [0, 0.05) is 28.6 Å². The van der Waals surface area contributed by atoms with Crippen LogP contribution in [0.2, 0.25) is 5.02 Å². The van der Waals surface area contributed by atoms with E-state index >= 15 is 0 Å². The molecule has 0 saturated heterocycles. The van der Waals surface area contributed by atoms with Crippen LogP contribution in [0, 0.1) is 0 Å². The van der Waals surface area contributed by atoms with Crippen LogP contribution in [0.1, 0.15) is 25.8 Å². The smallest absolute Gasteiger partial charge is 0.221 e. The molecule has 0 bridgehead atoms. The van der Waals surface area contributed by atoms with E-state index in [0.29, 0.717) is 37.0 Å². The molecule has 0 unspecified atom stereocenters. The number of carbonyl (C=O) groups excluding carboxylic acids is 1. The Balaban J connectivity index is 1.79. The number of rotatable bonds is 10. The second-order valence-electron chi connectivity index (χ2n) is 5.48. The Labute approximate surface area is 164 Å². The summed E-state index contributed by atoms with van der Waals surface area (Å²) in [6.07, 6.45) is 0.461. The number of thioether (sulfide) groups is 1. The van der Waals surface area contributed by atoms with Crippen molar-refractivity contribution < 1.29 is 14.3 Å². The summed E-state index contributed by atoms with van der Waals surface area (Å²) in [6, 6.07) is 13.4. The molecule has 2 aromatic carbocycles. The van der Waals surface area contributed by atoms with Crippen LogP contribution >= 0.6 is 23.4 Å². The summed E-state index contributed by atoms with van der Waals surface area (Å²) in [5.74, 6) is 2.18. The summed E-state index contributed by atoms with van der Waals surface area (Å²) < 4.78 is 11.2. The first kappa shape index (κ1) is 20.5. The van der Waals surface area contributed by atoms with Crippen LogP contribution in [0.15, 0.2) is 47.4 Å². The molecule has 0 fully saturated rings. The van der Waals surface area contributed by atoms with Gasteiger partial charge in [-0.3, -0.25) is 4.79 Å². The maximum absolute atomic E-state index is 12.0. The first-order valence-electron chi connectivity index (χ1n) is 8.66. The summed E-state index contributed by atoms with van der Waals surface area (Å²) in [5, 5.41) is 3.66. The van der Waals surface area contributed by atoms with Gasteiger partial charge in [0.15, 0.2) is 11.5 Å². The third-order valence-corrected chi connectivity index (χ3v) is 4.77. The normalized spacial score (nSPS) is 10.4. The molecule has 2 aromatic rings. The van der Waals surface area contributed by atoms with Crippen molar-refractivity contribution >= 4 is 29.3 Å². The van der Waals surface area contributed by atoms with Gasteiger partial charge in [-0.05, 0) is 55.8 Å². The molecule has 0 aliphatic rings. The van der Waals surface area contributed by atoms with Gasteiger partial charge >= 0.3 is 0 Å². The molecule has 2 rings (SSSR count). The zero-order chi connectivity index (χ0) is 18.8. The molecule has 0 aromatic heterocycles. The SMILES string of the molecule is CCOc1ccc(CNC(=O)CCSc2ccc(Cl)cc2)cc1OCC. The summed E-state index contributed by atoms with van der Waals surface area (Å²) in [5.41, 5.74) is 0.982. The average molecular weight is 394 g/mol. The fourth-order valence-electron chi connectivity index (χ4n) is 2.29. The van der Waals surface area contributed by atoms with E-state index in [4.69, 9.17) is 21.1 Å².